The maximum atomic E-state index is 12.8. The first-order valence-corrected chi connectivity index (χ1v) is 11.0. The Kier molecular flexibility index (Phi) is 6.58. The molecule has 1 aromatic heterocycles. The van der Waals surface area contributed by atoms with Crippen molar-refractivity contribution in [2.45, 2.75) is 44.7 Å². The van der Waals surface area contributed by atoms with Gasteiger partial charge in [0, 0.05) is 10.9 Å². The highest BCUT2D eigenvalue weighted by atomic mass is 16.5. The van der Waals surface area contributed by atoms with E-state index in [9.17, 15) is 4.79 Å². The van der Waals surface area contributed by atoms with E-state index in [4.69, 9.17) is 16.2 Å². The number of nitrogens with one attached hydrogen (secondary N) is 2. The van der Waals surface area contributed by atoms with E-state index < -0.39 is 0 Å². The number of anilines is 2. The SMILES string of the molecule is COc1ccc(C(=O)Nc2nc(NC3CCCCC3N=C(N)N)c3cc(C)ccc3n2)cc1. The van der Waals surface area contributed by atoms with Crippen LogP contribution in [0.15, 0.2) is 47.5 Å². The summed E-state index contributed by atoms with van der Waals surface area (Å²) in [5.74, 6) is 1.34. The van der Waals surface area contributed by atoms with Gasteiger partial charge in [0.25, 0.3) is 5.91 Å². The van der Waals surface area contributed by atoms with Crippen LogP contribution >= 0.6 is 0 Å². The number of methoxy groups -OCH3 is 1. The number of hydrogen-bond donors (Lipinski definition) is 4. The molecule has 1 amide bonds. The van der Waals surface area contributed by atoms with Crippen LogP contribution in [0.2, 0.25) is 0 Å². The molecule has 172 valence electrons. The van der Waals surface area contributed by atoms with Crippen molar-refractivity contribution in [2.24, 2.45) is 16.5 Å². The van der Waals surface area contributed by atoms with Gasteiger partial charge in [-0.1, -0.05) is 24.5 Å². The molecule has 33 heavy (non-hydrogen) atoms. The van der Waals surface area contributed by atoms with Gasteiger partial charge in [-0.05, 0) is 56.2 Å². The van der Waals surface area contributed by atoms with Crippen LogP contribution in [-0.2, 0) is 0 Å². The fraction of sp³-hybridized carbons (Fsp3) is 0.333. The molecule has 1 saturated carbocycles. The van der Waals surface area contributed by atoms with Crippen LogP contribution in [-0.4, -0.2) is 41.0 Å². The molecule has 2 unspecified atom stereocenters. The Balaban J connectivity index is 1.65. The lowest BCUT2D eigenvalue weighted by Gasteiger charge is -2.30. The van der Waals surface area contributed by atoms with Gasteiger partial charge >= 0.3 is 0 Å². The molecule has 9 heteroatoms. The van der Waals surface area contributed by atoms with E-state index in [1.807, 2.05) is 25.1 Å². The second-order valence-corrected chi connectivity index (χ2v) is 8.26. The lowest BCUT2D eigenvalue weighted by molar-refractivity contribution is 0.102. The number of rotatable bonds is 6. The fourth-order valence-electron chi connectivity index (χ4n) is 4.13. The van der Waals surface area contributed by atoms with Crippen LogP contribution in [0.1, 0.15) is 41.6 Å². The zero-order valence-corrected chi connectivity index (χ0v) is 18.8. The number of aryl methyl sites for hydroxylation is 1. The molecular weight excluding hydrogens is 418 g/mol. The van der Waals surface area contributed by atoms with Crippen molar-refractivity contribution >= 4 is 34.5 Å². The van der Waals surface area contributed by atoms with E-state index in [0.29, 0.717) is 17.1 Å². The number of ether oxygens (including phenoxy) is 1. The fourth-order valence-corrected chi connectivity index (χ4v) is 4.13. The summed E-state index contributed by atoms with van der Waals surface area (Å²) in [6.07, 6.45) is 3.98. The summed E-state index contributed by atoms with van der Waals surface area (Å²) < 4.78 is 5.16. The van der Waals surface area contributed by atoms with Crippen molar-refractivity contribution in [2.75, 3.05) is 17.7 Å². The highest BCUT2D eigenvalue weighted by Gasteiger charge is 2.26. The summed E-state index contributed by atoms with van der Waals surface area (Å²) in [5.41, 5.74) is 13.6. The molecular formula is C24H29N7O2. The van der Waals surface area contributed by atoms with Crippen LogP contribution in [0.25, 0.3) is 10.9 Å². The number of aromatic nitrogens is 2. The molecule has 6 N–H and O–H groups in total. The predicted molar refractivity (Wildman–Crippen MR) is 131 cm³/mol. The number of carbonyl (C=O) groups is 1. The van der Waals surface area contributed by atoms with Gasteiger partial charge < -0.3 is 21.5 Å². The van der Waals surface area contributed by atoms with E-state index in [1.54, 1.807) is 31.4 Å². The molecule has 1 heterocycles. The Bertz CT molecular complexity index is 1170. The molecule has 0 bridgehead atoms. The average Bonchev–Trinajstić information content (AvgIpc) is 2.80. The predicted octanol–water partition coefficient (Wildman–Crippen LogP) is 3.20. The molecule has 0 aliphatic heterocycles. The van der Waals surface area contributed by atoms with Crippen LogP contribution in [0.5, 0.6) is 5.75 Å². The summed E-state index contributed by atoms with van der Waals surface area (Å²) in [6.45, 7) is 2.02. The van der Waals surface area contributed by atoms with Crippen LogP contribution in [0, 0.1) is 6.92 Å². The van der Waals surface area contributed by atoms with Crippen molar-refractivity contribution in [1.29, 1.82) is 0 Å². The first-order valence-electron chi connectivity index (χ1n) is 11.0. The van der Waals surface area contributed by atoms with Gasteiger partial charge in [0.15, 0.2) is 5.96 Å². The number of carbonyl (C=O) groups excluding carboxylic acids is 1. The Morgan fingerprint density at radius 3 is 2.58 bits per heavy atom. The molecule has 1 aliphatic carbocycles. The molecule has 1 aliphatic rings. The van der Waals surface area contributed by atoms with Crippen LogP contribution in [0.4, 0.5) is 11.8 Å². The van der Waals surface area contributed by atoms with Crippen molar-refractivity contribution in [3.63, 3.8) is 0 Å². The summed E-state index contributed by atoms with van der Waals surface area (Å²) in [6, 6.07) is 12.8. The first-order chi connectivity index (χ1) is 15.9. The van der Waals surface area contributed by atoms with Gasteiger partial charge in [0.05, 0.1) is 24.7 Å². The van der Waals surface area contributed by atoms with Gasteiger partial charge in [-0.3, -0.25) is 10.1 Å². The lowest BCUT2D eigenvalue weighted by atomic mass is 9.90. The quantitative estimate of drug-likeness (QED) is 0.336. The van der Waals surface area contributed by atoms with Gasteiger partial charge in [0.1, 0.15) is 11.6 Å². The molecule has 2 aromatic carbocycles. The third-order valence-electron chi connectivity index (χ3n) is 5.80. The minimum atomic E-state index is -0.300. The zero-order valence-electron chi connectivity index (χ0n) is 18.8. The van der Waals surface area contributed by atoms with Crippen molar-refractivity contribution in [3.8, 4) is 5.75 Å². The maximum absolute atomic E-state index is 12.8. The van der Waals surface area contributed by atoms with E-state index in [0.717, 1.165) is 42.1 Å². The average molecular weight is 448 g/mol. The number of guanidine groups is 1. The summed E-state index contributed by atoms with van der Waals surface area (Å²) in [7, 11) is 1.58. The molecule has 4 rings (SSSR count). The number of nitrogens with two attached hydrogens (primary N) is 2. The molecule has 0 spiro atoms. The van der Waals surface area contributed by atoms with E-state index in [1.165, 1.54) is 0 Å². The number of benzene rings is 2. The van der Waals surface area contributed by atoms with Gasteiger partial charge in [-0.25, -0.2) is 9.98 Å². The number of hydrogen-bond acceptors (Lipinski definition) is 6. The highest BCUT2D eigenvalue weighted by molar-refractivity contribution is 6.04. The molecule has 3 aromatic rings. The van der Waals surface area contributed by atoms with Gasteiger partial charge in [0.2, 0.25) is 5.95 Å². The third kappa shape index (κ3) is 5.31. The number of fused-ring (bicyclic) bond motifs is 1. The van der Waals surface area contributed by atoms with Gasteiger partial charge in [-0.15, -0.1) is 0 Å². The summed E-state index contributed by atoms with van der Waals surface area (Å²) in [4.78, 5) is 26.4. The van der Waals surface area contributed by atoms with Crippen molar-refractivity contribution < 1.29 is 9.53 Å². The monoisotopic (exact) mass is 447 g/mol. The highest BCUT2D eigenvalue weighted by Crippen LogP contribution is 2.29. The van der Waals surface area contributed by atoms with Crippen LogP contribution in [0.3, 0.4) is 0 Å². The Labute approximate surface area is 192 Å². The lowest BCUT2D eigenvalue weighted by Crippen LogP contribution is -2.38. The smallest absolute Gasteiger partial charge is 0.258 e. The standard InChI is InChI=1S/C24H29N7O2/c1-14-7-12-18-17(13-14)21(27-19-5-3-4-6-20(19)28-23(25)26)30-24(29-18)31-22(32)15-8-10-16(33-2)11-9-15/h7-13,19-20H,3-6H2,1-2H3,(H4,25,26,28)(H2,27,29,30,31,32). The maximum Gasteiger partial charge on any atom is 0.258 e. The van der Waals surface area contributed by atoms with E-state index >= 15 is 0 Å². The summed E-state index contributed by atoms with van der Waals surface area (Å²) in [5, 5.41) is 7.23. The topological polar surface area (TPSA) is 141 Å². The minimum absolute atomic E-state index is 0.0316. The molecule has 0 radical (unpaired) electrons. The molecule has 0 saturated heterocycles. The van der Waals surface area contributed by atoms with Crippen molar-refractivity contribution in [3.05, 3.63) is 53.6 Å². The number of nitrogens with zero attached hydrogens (tertiary/aromatic N) is 3. The first kappa shape index (κ1) is 22.3. The normalized spacial score (nSPS) is 17.9. The Morgan fingerprint density at radius 1 is 1.09 bits per heavy atom. The number of amides is 1. The van der Waals surface area contributed by atoms with Crippen LogP contribution < -0.4 is 26.8 Å². The van der Waals surface area contributed by atoms with E-state index in [2.05, 4.69) is 25.6 Å². The molecule has 9 nitrogen and oxygen atoms in total. The largest absolute Gasteiger partial charge is 0.497 e. The molecule has 2 atom stereocenters. The van der Waals surface area contributed by atoms with Crippen molar-refractivity contribution in [1.82, 2.24) is 9.97 Å². The summed E-state index contributed by atoms with van der Waals surface area (Å²) >= 11 is 0. The molecule has 1 fully saturated rings. The van der Waals surface area contributed by atoms with E-state index in [-0.39, 0.29) is 29.9 Å². The zero-order chi connectivity index (χ0) is 23.4. The second-order valence-electron chi connectivity index (χ2n) is 8.26. The van der Waals surface area contributed by atoms with Gasteiger partial charge in [-0.2, -0.15) is 4.98 Å². The Hall–Kier alpha value is -3.88. The Morgan fingerprint density at radius 2 is 1.85 bits per heavy atom. The minimum Gasteiger partial charge on any atom is -0.497 e. The third-order valence-corrected chi connectivity index (χ3v) is 5.80. The number of aliphatic imine (C=N–C) groups is 1. The second kappa shape index (κ2) is 9.72.